The first-order chi connectivity index (χ1) is 13.7. The lowest BCUT2D eigenvalue weighted by Gasteiger charge is -2.50. The molecule has 1 N–H and O–H groups in total. The van der Waals surface area contributed by atoms with Gasteiger partial charge in [-0.05, 0) is 39.2 Å². The quantitative estimate of drug-likeness (QED) is 0.820. The third-order valence-electron chi connectivity index (χ3n) is 5.12. The van der Waals surface area contributed by atoms with Gasteiger partial charge in [-0.3, -0.25) is 9.69 Å². The van der Waals surface area contributed by atoms with Gasteiger partial charge in [-0.2, -0.15) is 0 Å². The lowest BCUT2D eigenvalue weighted by atomic mass is 9.85. The number of hydrogen-bond donors (Lipinski definition) is 1. The van der Waals surface area contributed by atoms with E-state index >= 15 is 0 Å². The van der Waals surface area contributed by atoms with Crippen molar-refractivity contribution in [3.05, 3.63) is 35.9 Å². The minimum Gasteiger partial charge on any atom is -0.445 e. The van der Waals surface area contributed by atoms with E-state index in [0.717, 1.165) is 5.56 Å². The molecule has 8 heteroatoms. The van der Waals surface area contributed by atoms with E-state index in [1.54, 1.807) is 4.90 Å². The van der Waals surface area contributed by atoms with Gasteiger partial charge in [0.25, 0.3) is 0 Å². The molecule has 3 amide bonds. The van der Waals surface area contributed by atoms with Gasteiger partial charge < -0.3 is 19.7 Å². The number of ether oxygens (including phenoxy) is 2. The Hall–Kier alpha value is -2.77. The van der Waals surface area contributed by atoms with Crippen LogP contribution < -0.4 is 5.32 Å². The smallest absolute Gasteiger partial charge is 0.411 e. The van der Waals surface area contributed by atoms with Gasteiger partial charge in [0.05, 0.1) is 5.54 Å². The summed E-state index contributed by atoms with van der Waals surface area (Å²) in [5.41, 5.74) is -0.427. The van der Waals surface area contributed by atoms with Crippen molar-refractivity contribution < 1.29 is 23.9 Å². The molecule has 1 aromatic rings. The maximum Gasteiger partial charge on any atom is 0.411 e. The predicted molar refractivity (Wildman–Crippen MR) is 106 cm³/mol. The van der Waals surface area contributed by atoms with Gasteiger partial charge in [-0.15, -0.1) is 0 Å². The molecule has 29 heavy (non-hydrogen) atoms. The summed E-state index contributed by atoms with van der Waals surface area (Å²) in [7, 11) is 0. The number of piperazine rings is 1. The Morgan fingerprint density at radius 2 is 1.90 bits per heavy atom. The van der Waals surface area contributed by atoms with Gasteiger partial charge in [0.2, 0.25) is 5.91 Å². The molecule has 0 aliphatic carbocycles. The second-order valence-electron chi connectivity index (χ2n) is 8.63. The second kappa shape index (κ2) is 8.31. The summed E-state index contributed by atoms with van der Waals surface area (Å²) in [6.45, 7) is 6.63. The van der Waals surface area contributed by atoms with Crippen molar-refractivity contribution in [1.29, 1.82) is 0 Å². The molecule has 0 bridgehead atoms. The first-order valence-electron chi connectivity index (χ1n) is 9.91. The fourth-order valence-electron chi connectivity index (χ4n) is 3.74. The summed E-state index contributed by atoms with van der Waals surface area (Å²) in [6, 6.07) is 9.38. The fourth-order valence-corrected chi connectivity index (χ4v) is 3.74. The normalized spacial score (nSPS) is 22.2. The average molecular weight is 403 g/mol. The van der Waals surface area contributed by atoms with Crippen molar-refractivity contribution in [2.45, 2.75) is 51.4 Å². The highest BCUT2D eigenvalue weighted by molar-refractivity contribution is 5.84. The number of rotatable bonds is 2. The van der Waals surface area contributed by atoms with Crippen LogP contribution in [-0.2, 0) is 20.9 Å². The van der Waals surface area contributed by atoms with E-state index in [0.29, 0.717) is 25.9 Å². The van der Waals surface area contributed by atoms with Crippen LogP contribution in [0.2, 0.25) is 0 Å². The van der Waals surface area contributed by atoms with E-state index < -0.39 is 23.3 Å². The highest BCUT2D eigenvalue weighted by atomic mass is 16.6. The molecule has 1 atom stereocenters. The molecule has 2 saturated heterocycles. The number of nitrogens with zero attached hydrogens (tertiary/aromatic N) is 2. The number of carbonyl (C=O) groups excluding carboxylic acids is 3. The van der Waals surface area contributed by atoms with Crippen LogP contribution in [0.4, 0.5) is 9.59 Å². The van der Waals surface area contributed by atoms with E-state index in [-0.39, 0.29) is 25.6 Å². The zero-order valence-electron chi connectivity index (χ0n) is 17.3. The van der Waals surface area contributed by atoms with Gasteiger partial charge >= 0.3 is 12.2 Å². The monoisotopic (exact) mass is 403 g/mol. The van der Waals surface area contributed by atoms with Gasteiger partial charge in [-0.1, -0.05) is 30.3 Å². The molecule has 2 aliphatic heterocycles. The minimum atomic E-state index is -0.698. The Morgan fingerprint density at radius 3 is 2.59 bits per heavy atom. The van der Waals surface area contributed by atoms with Crippen LogP contribution in [0, 0.1) is 0 Å². The minimum absolute atomic E-state index is 0.0875. The van der Waals surface area contributed by atoms with Crippen molar-refractivity contribution in [2.75, 3.05) is 26.2 Å². The Balaban J connectivity index is 1.73. The summed E-state index contributed by atoms with van der Waals surface area (Å²) in [5.74, 6) is -0.235. The Bertz CT molecular complexity index is 761. The lowest BCUT2D eigenvalue weighted by Crippen LogP contribution is -2.70. The van der Waals surface area contributed by atoms with Crippen LogP contribution in [-0.4, -0.2) is 65.2 Å². The van der Waals surface area contributed by atoms with Crippen molar-refractivity contribution in [2.24, 2.45) is 0 Å². The molecule has 1 spiro atoms. The number of likely N-dealkylation sites (tertiary alicyclic amines) is 1. The molecule has 0 unspecified atom stereocenters. The highest BCUT2D eigenvalue weighted by Crippen LogP contribution is 2.31. The largest absolute Gasteiger partial charge is 0.445 e. The maximum atomic E-state index is 12.9. The van der Waals surface area contributed by atoms with Gasteiger partial charge in [0.15, 0.2) is 0 Å². The molecule has 0 radical (unpaired) electrons. The third-order valence-corrected chi connectivity index (χ3v) is 5.12. The van der Waals surface area contributed by atoms with E-state index in [2.05, 4.69) is 5.32 Å². The topological polar surface area (TPSA) is 88.2 Å². The van der Waals surface area contributed by atoms with Crippen LogP contribution >= 0.6 is 0 Å². The molecule has 2 fully saturated rings. The van der Waals surface area contributed by atoms with E-state index in [9.17, 15) is 14.4 Å². The zero-order chi connectivity index (χ0) is 21.1. The summed E-state index contributed by atoms with van der Waals surface area (Å²) < 4.78 is 11.0. The van der Waals surface area contributed by atoms with Crippen molar-refractivity contribution in [3.63, 3.8) is 0 Å². The molecule has 3 rings (SSSR count). The average Bonchev–Trinajstić information content (AvgIpc) is 2.68. The number of benzene rings is 1. The van der Waals surface area contributed by atoms with Crippen molar-refractivity contribution in [1.82, 2.24) is 15.1 Å². The first-order valence-corrected chi connectivity index (χ1v) is 9.91. The third kappa shape index (κ3) is 5.19. The number of hydrogen-bond acceptors (Lipinski definition) is 5. The Labute approximate surface area is 171 Å². The second-order valence-corrected chi connectivity index (χ2v) is 8.63. The van der Waals surface area contributed by atoms with Crippen molar-refractivity contribution in [3.8, 4) is 0 Å². The lowest BCUT2D eigenvalue weighted by molar-refractivity contribution is -0.129. The highest BCUT2D eigenvalue weighted by Gasteiger charge is 2.48. The summed E-state index contributed by atoms with van der Waals surface area (Å²) >= 11 is 0. The number of carbonyl (C=O) groups is 3. The van der Waals surface area contributed by atoms with Crippen molar-refractivity contribution >= 4 is 18.1 Å². The van der Waals surface area contributed by atoms with Gasteiger partial charge in [0.1, 0.15) is 18.8 Å². The number of nitrogens with one attached hydrogen (secondary N) is 1. The summed E-state index contributed by atoms with van der Waals surface area (Å²) in [4.78, 5) is 40.6. The first kappa shape index (κ1) is 21.0. The van der Waals surface area contributed by atoms with Crippen LogP contribution in [0.3, 0.4) is 0 Å². The predicted octanol–water partition coefficient (Wildman–Crippen LogP) is 2.52. The van der Waals surface area contributed by atoms with Gasteiger partial charge in [-0.25, -0.2) is 9.59 Å². The molecular weight excluding hydrogens is 374 g/mol. The van der Waals surface area contributed by atoms with E-state index in [1.807, 2.05) is 51.1 Å². The van der Waals surface area contributed by atoms with Crippen LogP contribution in [0.25, 0.3) is 0 Å². The van der Waals surface area contributed by atoms with Crippen LogP contribution in [0.5, 0.6) is 0 Å². The zero-order valence-corrected chi connectivity index (χ0v) is 17.3. The molecular formula is C21H29N3O5. The Morgan fingerprint density at radius 1 is 1.17 bits per heavy atom. The van der Waals surface area contributed by atoms with E-state index in [4.69, 9.17) is 9.47 Å². The SMILES string of the molecule is CC(C)(C)OC(=O)N1CCC[C@]2(CNC(=O)CN2C(=O)OCc2ccccc2)C1. The molecule has 2 aliphatic rings. The Kier molecular flexibility index (Phi) is 6.00. The summed E-state index contributed by atoms with van der Waals surface area (Å²) in [5, 5.41) is 2.84. The molecule has 158 valence electrons. The molecule has 2 heterocycles. The molecule has 0 saturated carbocycles. The number of piperidine rings is 1. The van der Waals surface area contributed by atoms with E-state index in [1.165, 1.54) is 4.90 Å². The summed E-state index contributed by atoms with van der Waals surface area (Å²) in [6.07, 6.45) is 0.422. The fraction of sp³-hybridized carbons (Fsp3) is 0.571. The van der Waals surface area contributed by atoms with Crippen LogP contribution in [0.15, 0.2) is 30.3 Å². The van der Waals surface area contributed by atoms with Crippen LogP contribution in [0.1, 0.15) is 39.2 Å². The molecule has 1 aromatic carbocycles. The van der Waals surface area contributed by atoms with Gasteiger partial charge in [0, 0.05) is 19.6 Å². The molecule has 8 nitrogen and oxygen atoms in total. The standard InChI is InChI=1S/C21H29N3O5/c1-20(2,3)29-18(26)23-11-7-10-21(15-23)14-22-17(25)12-24(21)19(27)28-13-16-8-5-4-6-9-16/h4-6,8-9H,7,10-15H2,1-3H3,(H,22,25)/t21-/m0/s1. The maximum absolute atomic E-state index is 12.9. The number of amides is 3. The molecule has 0 aromatic heterocycles.